The van der Waals surface area contributed by atoms with E-state index in [4.69, 9.17) is 9.16 Å². The minimum absolute atomic E-state index is 0.0162. The summed E-state index contributed by atoms with van der Waals surface area (Å²) in [6.07, 6.45) is 5.70. The van der Waals surface area contributed by atoms with E-state index in [0.717, 1.165) is 18.4 Å². The maximum Gasteiger partial charge on any atom is 0.407 e. The number of benzene rings is 1. The highest BCUT2D eigenvalue weighted by Gasteiger charge is 2.39. The molecule has 0 saturated carbocycles. The number of carbonyl (C=O) groups excluding carboxylic acids is 1. The van der Waals surface area contributed by atoms with Crippen LogP contribution in [0.3, 0.4) is 0 Å². The van der Waals surface area contributed by atoms with Gasteiger partial charge in [-0.25, -0.2) is 4.79 Å². The van der Waals surface area contributed by atoms with Crippen molar-refractivity contribution < 1.29 is 14.0 Å². The van der Waals surface area contributed by atoms with Gasteiger partial charge in [0.2, 0.25) is 0 Å². The third-order valence-electron chi connectivity index (χ3n) is 5.09. The Morgan fingerprint density at radius 2 is 1.84 bits per heavy atom. The van der Waals surface area contributed by atoms with Crippen LogP contribution in [0.15, 0.2) is 42.5 Å². The standard InChI is InChI=1S/C20H31NO3Si/c1-20(2,3)25(4,5)24-18-13-11-17(12-14-18)21-19(22)23-15-16-9-7-6-8-10-16/h6-11,13,17-18H,12,14-15H2,1-5H3,(H,21,22)/t17-,18-/m0/s1. The molecule has 4 nitrogen and oxygen atoms in total. The van der Waals surface area contributed by atoms with Gasteiger partial charge in [0.1, 0.15) is 6.61 Å². The first-order chi connectivity index (χ1) is 11.7. The smallest absolute Gasteiger partial charge is 0.407 e. The van der Waals surface area contributed by atoms with Crippen LogP contribution in [-0.4, -0.2) is 26.6 Å². The molecular weight excluding hydrogens is 330 g/mol. The molecule has 0 fully saturated rings. The number of ether oxygens (including phenoxy) is 1. The summed E-state index contributed by atoms with van der Waals surface area (Å²) >= 11 is 0. The predicted octanol–water partition coefficient (Wildman–Crippen LogP) is 5.02. The van der Waals surface area contributed by atoms with Crippen LogP contribution < -0.4 is 5.32 Å². The van der Waals surface area contributed by atoms with E-state index in [1.54, 1.807) is 0 Å². The minimum Gasteiger partial charge on any atom is -0.445 e. The first-order valence-electron chi connectivity index (χ1n) is 9.01. The molecule has 138 valence electrons. The van der Waals surface area contributed by atoms with Crippen LogP contribution in [0.5, 0.6) is 0 Å². The molecule has 0 aliphatic heterocycles. The fourth-order valence-electron chi connectivity index (χ4n) is 2.48. The van der Waals surface area contributed by atoms with Gasteiger partial charge in [0.05, 0.1) is 12.1 Å². The van der Waals surface area contributed by atoms with Gasteiger partial charge >= 0.3 is 6.09 Å². The van der Waals surface area contributed by atoms with E-state index in [0.29, 0.717) is 6.61 Å². The third-order valence-corrected chi connectivity index (χ3v) is 9.59. The monoisotopic (exact) mass is 361 g/mol. The van der Waals surface area contributed by atoms with Crippen molar-refractivity contribution in [1.82, 2.24) is 5.32 Å². The number of alkyl carbamates (subject to hydrolysis) is 1. The fraction of sp³-hybridized carbons (Fsp3) is 0.550. The zero-order valence-electron chi connectivity index (χ0n) is 16.0. The first-order valence-corrected chi connectivity index (χ1v) is 11.9. The summed E-state index contributed by atoms with van der Waals surface area (Å²) in [6, 6.07) is 9.71. The van der Waals surface area contributed by atoms with Crippen LogP contribution in [-0.2, 0) is 15.8 Å². The molecule has 1 aliphatic rings. The Morgan fingerprint density at radius 1 is 1.16 bits per heavy atom. The Hall–Kier alpha value is -1.59. The van der Waals surface area contributed by atoms with Crippen molar-refractivity contribution >= 4 is 14.4 Å². The molecular formula is C20H31NO3Si. The van der Waals surface area contributed by atoms with Crippen molar-refractivity contribution in [3.63, 3.8) is 0 Å². The summed E-state index contributed by atoms with van der Waals surface area (Å²) in [5, 5.41) is 3.12. The maximum absolute atomic E-state index is 11.9. The molecule has 5 heteroatoms. The van der Waals surface area contributed by atoms with E-state index in [2.05, 4.69) is 45.3 Å². The predicted molar refractivity (Wildman–Crippen MR) is 104 cm³/mol. The number of hydrogen-bond donors (Lipinski definition) is 1. The largest absolute Gasteiger partial charge is 0.445 e. The maximum atomic E-state index is 11.9. The molecule has 0 aromatic heterocycles. The fourth-order valence-corrected chi connectivity index (χ4v) is 3.79. The van der Waals surface area contributed by atoms with Crippen LogP contribution in [0.1, 0.15) is 39.2 Å². The van der Waals surface area contributed by atoms with Crippen LogP contribution in [0.2, 0.25) is 18.1 Å². The molecule has 1 N–H and O–H groups in total. The SMILES string of the molecule is CC(C)(C)[Si](C)(C)O[C@H]1C=C[C@H](NC(=O)OCc2ccccc2)CC1. The Bertz CT molecular complexity index is 593. The Labute approximate surface area is 152 Å². The van der Waals surface area contributed by atoms with E-state index >= 15 is 0 Å². The number of amides is 1. The van der Waals surface area contributed by atoms with Crippen molar-refractivity contribution in [3.8, 4) is 0 Å². The average Bonchev–Trinajstić information content (AvgIpc) is 2.54. The van der Waals surface area contributed by atoms with E-state index < -0.39 is 8.32 Å². The van der Waals surface area contributed by atoms with Gasteiger partial charge in [-0.05, 0) is 36.5 Å². The lowest BCUT2D eigenvalue weighted by atomic mass is 10.0. The van der Waals surface area contributed by atoms with Crippen molar-refractivity contribution in [1.29, 1.82) is 0 Å². The summed E-state index contributed by atoms with van der Waals surface area (Å²) in [5.74, 6) is 0. The normalized spacial score (nSPS) is 21.0. The summed E-state index contributed by atoms with van der Waals surface area (Å²) in [6.45, 7) is 11.6. The number of nitrogens with one attached hydrogen (secondary N) is 1. The summed E-state index contributed by atoms with van der Waals surface area (Å²) in [4.78, 5) is 11.9. The molecule has 0 heterocycles. The minimum atomic E-state index is -1.76. The van der Waals surface area contributed by atoms with Gasteiger partial charge in [-0.15, -0.1) is 0 Å². The zero-order chi connectivity index (χ0) is 18.5. The molecule has 1 aromatic rings. The molecule has 0 bridgehead atoms. The van der Waals surface area contributed by atoms with Gasteiger partial charge in [-0.2, -0.15) is 0 Å². The van der Waals surface area contributed by atoms with E-state index in [1.807, 2.05) is 36.4 Å². The summed E-state index contributed by atoms with van der Waals surface area (Å²) < 4.78 is 11.7. The van der Waals surface area contributed by atoms with Gasteiger partial charge in [0.25, 0.3) is 0 Å². The highest BCUT2D eigenvalue weighted by molar-refractivity contribution is 6.74. The van der Waals surface area contributed by atoms with Crippen LogP contribution in [0, 0.1) is 0 Å². The highest BCUT2D eigenvalue weighted by atomic mass is 28.4. The van der Waals surface area contributed by atoms with E-state index in [9.17, 15) is 4.79 Å². The molecule has 0 saturated heterocycles. The van der Waals surface area contributed by atoms with Gasteiger partial charge in [-0.1, -0.05) is 63.3 Å². The van der Waals surface area contributed by atoms with E-state index in [-0.39, 0.29) is 23.3 Å². The van der Waals surface area contributed by atoms with E-state index in [1.165, 1.54) is 0 Å². The van der Waals surface area contributed by atoms with Crippen molar-refractivity contribution in [2.45, 2.75) is 70.5 Å². The third kappa shape index (κ3) is 6.01. The van der Waals surface area contributed by atoms with Crippen LogP contribution in [0.4, 0.5) is 4.79 Å². The molecule has 2 rings (SSSR count). The second-order valence-corrected chi connectivity index (χ2v) is 12.9. The molecule has 1 aliphatic carbocycles. The molecule has 0 radical (unpaired) electrons. The lowest BCUT2D eigenvalue weighted by molar-refractivity contribution is 0.134. The van der Waals surface area contributed by atoms with Gasteiger partial charge < -0.3 is 14.5 Å². The lowest BCUT2D eigenvalue weighted by Crippen LogP contribution is -2.45. The summed E-state index contributed by atoms with van der Waals surface area (Å²) in [7, 11) is -1.76. The summed E-state index contributed by atoms with van der Waals surface area (Å²) in [5.41, 5.74) is 0.986. The molecule has 25 heavy (non-hydrogen) atoms. The molecule has 0 spiro atoms. The van der Waals surface area contributed by atoms with Gasteiger partial charge in [-0.3, -0.25) is 0 Å². The van der Waals surface area contributed by atoms with Crippen molar-refractivity contribution in [3.05, 3.63) is 48.0 Å². The topological polar surface area (TPSA) is 47.6 Å². The molecule has 0 unspecified atom stereocenters. The average molecular weight is 362 g/mol. The van der Waals surface area contributed by atoms with Crippen LogP contribution >= 0.6 is 0 Å². The Kier molecular flexibility index (Phi) is 6.46. The molecule has 2 atom stereocenters. The molecule has 1 aromatic carbocycles. The zero-order valence-corrected chi connectivity index (χ0v) is 17.0. The van der Waals surface area contributed by atoms with Crippen molar-refractivity contribution in [2.24, 2.45) is 0 Å². The second kappa shape index (κ2) is 8.19. The second-order valence-electron chi connectivity index (χ2n) is 8.19. The molecule has 1 amide bonds. The van der Waals surface area contributed by atoms with Gasteiger partial charge in [0, 0.05) is 0 Å². The van der Waals surface area contributed by atoms with Crippen LogP contribution in [0.25, 0.3) is 0 Å². The Balaban J connectivity index is 1.77. The number of hydrogen-bond acceptors (Lipinski definition) is 3. The Morgan fingerprint density at radius 3 is 2.40 bits per heavy atom. The lowest BCUT2D eigenvalue weighted by Gasteiger charge is -2.39. The number of carbonyl (C=O) groups is 1. The number of rotatable bonds is 5. The highest BCUT2D eigenvalue weighted by Crippen LogP contribution is 2.38. The quantitative estimate of drug-likeness (QED) is 0.591. The van der Waals surface area contributed by atoms with Crippen molar-refractivity contribution in [2.75, 3.05) is 0 Å². The van der Waals surface area contributed by atoms with Gasteiger partial charge in [0.15, 0.2) is 8.32 Å². The first kappa shape index (κ1) is 19.7.